The van der Waals surface area contributed by atoms with Gasteiger partial charge in [-0.2, -0.15) is 4.31 Å². The van der Waals surface area contributed by atoms with Crippen molar-refractivity contribution in [3.63, 3.8) is 0 Å². The monoisotopic (exact) mass is 416 g/mol. The number of rotatable bonds is 4. The zero-order valence-corrected chi connectivity index (χ0v) is 17.8. The van der Waals surface area contributed by atoms with Crippen molar-refractivity contribution in [3.05, 3.63) is 59.7 Å². The molecule has 0 saturated carbocycles. The first kappa shape index (κ1) is 20.2. The van der Waals surface area contributed by atoms with Crippen LogP contribution in [0.25, 0.3) is 0 Å². The number of methoxy groups -OCH3 is 1. The minimum absolute atomic E-state index is 0.350. The smallest absolute Gasteiger partial charge is 0.211 e. The van der Waals surface area contributed by atoms with E-state index in [0.717, 1.165) is 48.6 Å². The molecule has 0 radical (unpaired) electrons. The lowest BCUT2D eigenvalue weighted by atomic mass is 9.92. The van der Waals surface area contributed by atoms with E-state index in [2.05, 4.69) is 11.0 Å². The van der Waals surface area contributed by atoms with Crippen LogP contribution in [0.4, 0.5) is 0 Å². The minimum atomic E-state index is -3.34. The number of sulfonamides is 1. The topological polar surface area (TPSA) is 59.1 Å². The molecule has 1 saturated heterocycles. The van der Waals surface area contributed by atoms with Crippen molar-refractivity contribution in [2.24, 2.45) is 0 Å². The number of nitrogens with zero attached hydrogens (tertiary/aromatic N) is 2. The van der Waals surface area contributed by atoms with Gasteiger partial charge >= 0.3 is 0 Å². The second-order valence-electron chi connectivity index (χ2n) is 8.05. The van der Waals surface area contributed by atoms with Crippen molar-refractivity contribution in [3.8, 4) is 11.5 Å². The Kier molecular flexibility index (Phi) is 5.55. The predicted octanol–water partition coefficient (Wildman–Crippen LogP) is 2.88. The van der Waals surface area contributed by atoms with Crippen molar-refractivity contribution in [1.29, 1.82) is 0 Å². The molecule has 4 rings (SSSR count). The maximum atomic E-state index is 12.5. The van der Waals surface area contributed by atoms with Crippen molar-refractivity contribution in [2.75, 3.05) is 33.0 Å². The van der Waals surface area contributed by atoms with Crippen LogP contribution in [0, 0.1) is 0 Å². The number of piperidine rings is 1. The molecule has 0 bridgehead atoms. The van der Waals surface area contributed by atoms with Crippen molar-refractivity contribution >= 4 is 10.0 Å². The van der Waals surface area contributed by atoms with Gasteiger partial charge in [-0.1, -0.05) is 36.4 Å². The van der Waals surface area contributed by atoms with Gasteiger partial charge in [-0.3, -0.25) is 4.90 Å². The first-order valence-electron chi connectivity index (χ1n) is 9.95. The largest absolute Gasteiger partial charge is 0.496 e. The number of fused-ring (bicyclic) bond motifs is 1. The van der Waals surface area contributed by atoms with Gasteiger partial charge in [0.15, 0.2) is 0 Å². The Morgan fingerprint density at radius 2 is 1.86 bits per heavy atom. The molecular weight excluding hydrogens is 388 g/mol. The Morgan fingerprint density at radius 1 is 1.10 bits per heavy atom. The van der Waals surface area contributed by atoms with E-state index in [9.17, 15) is 8.42 Å². The van der Waals surface area contributed by atoms with E-state index < -0.39 is 15.6 Å². The summed E-state index contributed by atoms with van der Waals surface area (Å²) in [6.07, 6.45) is 3.06. The van der Waals surface area contributed by atoms with Gasteiger partial charge in [-0.15, -0.1) is 0 Å². The standard InChI is InChI=1S/C22H28N2O4S/c1-27-20-10-5-3-8-18(20)14-23-13-7-12-22(16-23)17-24(29(2,25)26)15-19-9-4-6-11-21(19)28-22/h3-6,8-11H,7,12-17H2,1-2H3. The van der Waals surface area contributed by atoms with Gasteiger partial charge in [0.05, 0.1) is 19.9 Å². The van der Waals surface area contributed by atoms with E-state index in [1.165, 1.54) is 6.26 Å². The van der Waals surface area contributed by atoms with E-state index in [-0.39, 0.29) is 0 Å². The summed E-state index contributed by atoms with van der Waals surface area (Å²) in [6.45, 7) is 3.08. The fourth-order valence-corrected chi connectivity index (χ4v) is 5.26. The van der Waals surface area contributed by atoms with Crippen molar-refractivity contribution < 1.29 is 17.9 Å². The van der Waals surface area contributed by atoms with Gasteiger partial charge in [0, 0.05) is 30.8 Å². The summed E-state index contributed by atoms with van der Waals surface area (Å²) in [5, 5.41) is 0. The Morgan fingerprint density at radius 3 is 2.66 bits per heavy atom. The number of benzene rings is 2. The van der Waals surface area contributed by atoms with Crippen LogP contribution < -0.4 is 9.47 Å². The summed E-state index contributed by atoms with van der Waals surface area (Å²) in [4.78, 5) is 2.34. The molecule has 1 atom stereocenters. The molecule has 2 heterocycles. The minimum Gasteiger partial charge on any atom is -0.496 e. The molecule has 2 aliphatic rings. The van der Waals surface area contributed by atoms with Crippen LogP contribution in [0.5, 0.6) is 11.5 Å². The molecule has 7 heteroatoms. The van der Waals surface area contributed by atoms with Gasteiger partial charge in [-0.25, -0.2) is 8.42 Å². The number of ether oxygens (including phenoxy) is 2. The lowest BCUT2D eigenvalue weighted by molar-refractivity contribution is -0.0181. The molecule has 29 heavy (non-hydrogen) atoms. The first-order valence-corrected chi connectivity index (χ1v) is 11.8. The maximum Gasteiger partial charge on any atom is 0.211 e. The fraction of sp³-hybridized carbons (Fsp3) is 0.455. The summed E-state index contributed by atoms with van der Waals surface area (Å²) in [6, 6.07) is 15.8. The van der Waals surface area contributed by atoms with E-state index in [1.54, 1.807) is 11.4 Å². The first-order chi connectivity index (χ1) is 13.9. The predicted molar refractivity (Wildman–Crippen MR) is 113 cm³/mol. The Bertz CT molecular complexity index is 978. The highest BCUT2D eigenvalue weighted by molar-refractivity contribution is 7.88. The molecule has 2 aliphatic heterocycles. The van der Waals surface area contributed by atoms with Crippen LogP contribution in [0.3, 0.4) is 0 Å². The van der Waals surface area contributed by atoms with Gasteiger partial charge in [0.2, 0.25) is 10.0 Å². The van der Waals surface area contributed by atoms with Crippen LogP contribution in [0.1, 0.15) is 24.0 Å². The highest BCUT2D eigenvalue weighted by atomic mass is 32.2. The summed E-state index contributed by atoms with van der Waals surface area (Å²) in [5.41, 5.74) is 1.48. The van der Waals surface area contributed by atoms with Crippen LogP contribution >= 0.6 is 0 Å². The molecule has 1 unspecified atom stereocenters. The third-order valence-electron chi connectivity index (χ3n) is 5.78. The van der Waals surface area contributed by atoms with Gasteiger partial charge in [0.25, 0.3) is 0 Å². The lowest BCUT2D eigenvalue weighted by Crippen LogP contribution is -2.57. The summed E-state index contributed by atoms with van der Waals surface area (Å²) in [7, 11) is -1.65. The molecular formula is C22H28N2O4S. The van der Waals surface area contributed by atoms with E-state index >= 15 is 0 Å². The third-order valence-corrected chi connectivity index (χ3v) is 6.98. The molecule has 2 aromatic carbocycles. The van der Waals surface area contributed by atoms with Crippen molar-refractivity contribution in [1.82, 2.24) is 9.21 Å². The highest BCUT2D eigenvalue weighted by Crippen LogP contribution is 2.36. The summed E-state index contributed by atoms with van der Waals surface area (Å²) >= 11 is 0. The Labute approximate surface area is 173 Å². The molecule has 1 fully saturated rings. The molecule has 1 spiro atoms. The van der Waals surface area contributed by atoms with E-state index in [0.29, 0.717) is 19.6 Å². The number of hydrogen-bond acceptors (Lipinski definition) is 5. The van der Waals surface area contributed by atoms with Gasteiger partial charge in [0.1, 0.15) is 17.1 Å². The molecule has 156 valence electrons. The van der Waals surface area contributed by atoms with Crippen LogP contribution in [-0.4, -0.2) is 56.2 Å². The molecule has 0 amide bonds. The van der Waals surface area contributed by atoms with Gasteiger partial charge < -0.3 is 9.47 Å². The number of likely N-dealkylation sites (tertiary alicyclic amines) is 1. The maximum absolute atomic E-state index is 12.5. The second-order valence-corrected chi connectivity index (χ2v) is 10.0. The van der Waals surface area contributed by atoms with Crippen LogP contribution in [0.2, 0.25) is 0 Å². The summed E-state index contributed by atoms with van der Waals surface area (Å²) in [5.74, 6) is 1.66. The average Bonchev–Trinajstić information content (AvgIpc) is 2.85. The Hall–Kier alpha value is -2.09. The van der Waals surface area contributed by atoms with E-state index in [1.807, 2.05) is 42.5 Å². The number of hydrogen-bond donors (Lipinski definition) is 0. The molecule has 2 aromatic rings. The van der Waals surface area contributed by atoms with E-state index in [4.69, 9.17) is 9.47 Å². The lowest BCUT2D eigenvalue weighted by Gasteiger charge is -2.43. The van der Waals surface area contributed by atoms with Crippen molar-refractivity contribution in [2.45, 2.75) is 31.5 Å². The molecule has 0 aliphatic carbocycles. The zero-order chi connectivity index (χ0) is 20.5. The quantitative estimate of drug-likeness (QED) is 0.767. The average molecular weight is 417 g/mol. The van der Waals surface area contributed by atoms with Crippen LogP contribution in [-0.2, 0) is 23.1 Å². The Balaban J connectivity index is 1.63. The van der Waals surface area contributed by atoms with Gasteiger partial charge in [-0.05, 0) is 31.5 Å². The highest BCUT2D eigenvalue weighted by Gasteiger charge is 2.43. The molecule has 0 aromatic heterocycles. The third kappa shape index (κ3) is 4.42. The van der Waals surface area contributed by atoms with Crippen LogP contribution in [0.15, 0.2) is 48.5 Å². The second kappa shape index (κ2) is 7.97. The molecule has 0 N–H and O–H groups in total. The zero-order valence-electron chi connectivity index (χ0n) is 17.0. The SMILES string of the molecule is COc1ccccc1CN1CCCC2(C1)CN(S(C)(=O)=O)Cc1ccccc1O2. The fourth-order valence-electron chi connectivity index (χ4n) is 4.41. The number of para-hydroxylation sites is 2. The summed E-state index contributed by atoms with van der Waals surface area (Å²) < 4.78 is 38.6. The normalized spacial score (nSPS) is 23.2. The molecule has 6 nitrogen and oxygen atoms in total.